The summed E-state index contributed by atoms with van der Waals surface area (Å²) in [4.78, 5) is 26.1. The van der Waals surface area contributed by atoms with Gasteiger partial charge in [-0.2, -0.15) is 0 Å². The van der Waals surface area contributed by atoms with Crippen LogP contribution in [0, 0.1) is 0 Å². The van der Waals surface area contributed by atoms with E-state index in [1.54, 1.807) is 0 Å². The fraction of sp³-hybridized carbons (Fsp3) is 0.667. The maximum atomic E-state index is 12.5. The van der Waals surface area contributed by atoms with Crippen LogP contribution in [0.4, 0.5) is 0 Å². The molecule has 2 aliphatic heterocycles. The predicted molar refractivity (Wildman–Crippen MR) is 143 cm³/mol. The summed E-state index contributed by atoms with van der Waals surface area (Å²) in [5.74, 6) is 1.26. The van der Waals surface area contributed by atoms with Crippen molar-refractivity contribution < 1.29 is 4.79 Å². The summed E-state index contributed by atoms with van der Waals surface area (Å²) in [6, 6.07) is 11.0. The van der Waals surface area contributed by atoms with Gasteiger partial charge < -0.3 is 15.1 Å². The van der Waals surface area contributed by atoms with E-state index in [2.05, 4.69) is 69.3 Å². The van der Waals surface area contributed by atoms with E-state index in [0.717, 1.165) is 71.2 Å². The van der Waals surface area contributed by atoms with Gasteiger partial charge in [-0.15, -0.1) is 24.0 Å². The fourth-order valence-corrected chi connectivity index (χ4v) is 4.31. The Bertz CT molecular complexity index is 702. The Kier molecular flexibility index (Phi) is 11.7. The van der Waals surface area contributed by atoms with E-state index in [1.807, 2.05) is 11.9 Å². The van der Waals surface area contributed by atoms with Gasteiger partial charge in [0, 0.05) is 65.4 Å². The van der Waals surface area contributed by atoms with Crippen LogP contribution in [0.5, 0.6) is 0 Å². The van der Waals surface area contributed by atoms with Crippen molar-refractivity contribution in [3.05, 3.63) is 35.9 Å². The lowest BCUT2D eigenvalue weighted by Crippen LogP contribution is -2.55. The Labute approximate surface area is 211 Å². The number of carbonyl (C=O) groups is 1. The Hall–Kier alpha value is -1.39. The van der Waals surface area contributed by atoms with Gasteiger partial charge in [-0.3, -0.25) is 19.6 Å². The number of halogens is 1. The first-order valence-electron chi connectivity index (χ1n) is 11.8. The van der Waals surface area contributed by atoms with Gasteiger partial charge in [0.15, 0.2) is 5.96 Å². The van der Waals surface area contributed by atoms with E-state index in [4.69, 9.17) is 0 Å². The second-order valence-corrected chi connectivity index (χ2v) is 8.88. The van der Waals surface area contributed by atoms with Gasteiger partial charge in [0.2, 0.25) is 5.91 Å². The summed E-state index contributed by atoms with van der Waals surface area (Å²) in [7, 11) is 4.02. The number of rotatable bonds is 7. The van der Waals surface area contributed by atoms with Crippen molar-refractivity contribution in [3.63, 3.8) is 0 Å². The highest BCUT2D eigenvalue weighted by Gasteiger charge is 2.24. The molecule has 1 unspecified atom stereocenters. The van der Waals surface area contributed by atoms with Gasteiger partial charge in [-0.25, -0.2) is 0 Å². The van der Waals surface area contributed by atoms with Crippen LogP contribution in [0.1, 0.15) is 31.7 Å². The molecule has 1 atom stereocenters. The molecule has 7 nitrogen and oxygen atoms in total. The lowest BCUT2D eigenvalue weighted by molar-refractivity contribution is -0.133. The molecular weight excluding hydrogens is 515 g/mol. The average molecular weight is 557 g/mol. The molecule has 180 valence electrons. The smallest absolute Gasteiger partial charge is 0.236 e. The number of piperidine rings is 1. The first-order chi connectivity index (χ1) is 15.1. The van der Waals surface area contributed by atoms with Gasteiger partial charge in [-0.1, -0.05) is 30.3 Å². The van der Waals surface area contributed by atoms with Crippen molar-refractivity contribution in [1.82, 2.24) is 24.9 Å². The SMILES string of the molecule is CN=C(NCC(C)N(C)Cc1ccccc1)N1CCN(CC(=O)N2CCCCC2)CC1.I. The van der Waals surface area contributed by atoms with Gasteiger partial charge in [0.1, 0.15) is 0 Å². The largest absolute Gasteiger partial charge is 0.355 e. The molecule has 0 aromatic heterocycles. The summed E-state index contributed by atoms with van der Waals surface area (Å²) >= 11 is 0. The fourth-order valence-electron chi connectivity index (χ4n) is 4.31. The molecule has 0 radical (unpaired) electrons. The average Bonchev–Trinajstić information content (AvgIpc) is 2.81. The molecule has 2 heterocycles. The third-order valence-corrected chi connectivity index (χ3v) is 6.53. The molecule has 32 heavy (non-hydrogen) atoms. The standard InChI is InChI=1S/C24H40N6O.HI/c1-21(27(3)19-22-10-6-4-7-11-22)18-26-24(25-2)30-16-14-28(15-17-30)20-23(31)29-12-8-5-9-13-29;/h4,6-7,10-11,21H,5,8-9,12-20H2,1-3H3,(H,25,26);1H. The summed E-state index contributed by atoms with van der Waals surface area (Å²) in [6.07, 6.45) is 3.57. The zero-order valence-corrected chi connectivity index (χ0v) is 22.3. The van der Waals surface area contributed by atoms with Crippen LogP contribution in [-0.4, -0.2) is 104 Å². The molecule has 0 spiro atoms. The summed E-state index contributed by atoms with van der Waals surface area (Å²) in [5, 5.41) is 3.55. The molecule has 1 aromatic carbocycles. The molecular formula is C24H41IN6O. The molecule has 0 aliphatic carbocycles. The number of likely N-dealkylation sites (tertiary alicyclic amines) is 1. The van der Waals surface area contributed by atoms with Crippen molar-refractivity contribution in [2.24, 2.45) is 4.99 Å². The summed E-state index contributed by atoms with van der Waals surface area (Å²) in [5.41, 5.74) is 1.33. The van der Waals surface area contributed by atoms with Crippen LogP contribution in [0.2, 0.25) is 0 Å². The Morgan fingerprint density at radius 3 is 2.31 bits per heavy atom. The lowest BCUT2D eigenvalue weighted by atomic mass is 10.1. The van der Waals surface area contributed by atoms with E-state index in [-0.39, 0.29) is 24.0 Å². The van der Waals surface area contributed by atoms with Gasteiger partial charge in [0.05, 0.1) is 6.54 Å². The van der Waals surface area contributed by atoms with Crippen molar-refractivity contribution >= 4 is 35.8 Å². The molecule has 3 rings (SSSR count). The molecule has 8 heteroatoms. The molecule has 2 fully saturated rings. The molecule has 1 N–H and O–H groups in total. The van der Waals surface area contributed by atoms with Crippen LogP contribution < -0.4 is 5.32 Å². The monoisotopic (exact) mass is 556 g/mol. The number of piperazine rings is 1. The topological polar surface area (TPSA) is 54.4 Å². The number of guanidine groups is 1. The van der Waals surface area contributed by atoms with E-state index in [1.165, 1.54) is 12.0 Å². The number of amides is 1. The molecule has 1 aromatic rings. The highest BCUT2D eigenvalue weighted by Crippen LogP contribution is 2.10. The zero-order chi connectivity index (χ0) is 22.1. The Morgan fingerprint density at radius 2 is 1.69 bits per heavy atom. The normalized spacial score (nSPS) is 18.9. The van der Waals surface area contributed by atoms with Crippen LogP contribution >= 0.6 is 24.0 Å². The molecule has 1 amide bonds. The van der Waals surface area contributed by atoms with Gasteiger partial charge in [-0.05, 0) is 38.8 Å². The van der Waals surface area contributed by atoms with Crippen LogP contribution in [0.15, 0.2) is 35.3 Å². The van der Waals surface area contributed by atoms with E-state index in [9.17, 15) is 4.79 Å². The predicted octanol–water partition coefficient (Wildman–Crippen LogP) is 2.33. The van der Waals surface area contributed by atoms with Crippen molar-refractivity contribution in [2.45, 2.75) is 38.8 Å². The van der Waals surface area contributed by atoms with Crippen molar-refractivity contribution in [3.8, 4) is 0 Å². The number of hydrogen-bond donors (Lipinski definition) is 1. The lowest BCUT2D eigenvalue weighted by Gasteiger charge is -2.38. The minimum Gasteiger partial charge on any atom is -0.355 e. The zero-order valence-electron chi connectivity index (χ0n) is 20.0. The van der Waals surface area contributed by atoms with Crippen molar-refractivity contribution in [2.75, 3.05) is 66.5 Å². The number of benzene rings is 1. The highest BCUT2D eigenvalue weighted by molar-refractivity contribution is 14.0. The third kappa shape index (κ3) is 8.19. The van der Waals surface area contributed by atoms with Gasteiger partial charge >= 0.3 is 0 Å². The number of aliphatic imine (C=N–C) groups is 1. The quantitative estimate of drug-likeness (QED) is 0.318. The maximum absolute atomic E-state index is 12.5. The number of likely N-dealkylation sites (N-methyl/N-ethyl adjacent to an activating group) is 1. The first kappa shape index (κ1) is 26.9. The summed E-state index contributed by atoms with van der Waals surface area (Å²) in [6.45, 7) is 10.1. The maximum Gasteiger partial charge on any atom is 0.236 e. The molecule has 2 saturated heterocycles. The number of nitrogens with one attached hydrogen (secondary N) is 1. The Balaban J connectivity index is 0.00000363. The van der Waals surface area contributed by atoms with Crippen molar-refractivity contribution in [1.29, 1.82) is 0 Å². The molecule has 0 bridgehead atoms. The number of carbonyl (C=O) groups excluding carboxylic acids is 1. The van der Waals surface area contributed by atoms with E-state index >= 15 is 0 Å². The van der Waals surface area contributed by atoms with Crippen LogP contribution in [0.3, 0.4) is 0 Å². The number of hydrogen-bond acceptors (Lipinski definition) is 4. The third-order valence-electron chi connectivity index (χ3n) is 6.53. The summed E-state index contributed by atoms with van der Waals surface area (Å²) < 4.78 is 0. The minimum atomic E-state index is 0. The molecule has 0 saturated carbocycles. The second kappa shape index (κ2) is 14.0. The highest BCUT2D eigenvalue weighted by atomic mass is 127. The minimum absolute atomic E-state index is 0. The second-order valence-electron chi connectivity index (χ2n) is 8.88. The van der Waals surface area contributed by atoms with Crippen LogP contribution in [-0.2, 0) is 11.3 Å². The van der Waals surface area contributed by atoms with E-state index in [0.29, 0.717) is 18.5 Å². The molecule has 2 aliphatic rings. The van der Waals surface area contributed by atoms with E-state index < -0.39 is 0 Å². The van der Waals surface area contributed by atoms with Gasteiger partial charge in [0.25, 0.3) is 0 Å². The Morgan fingerprint density at radius 1 is 1.03 bits per heavy atom. The van der Waals surface area contributed by atoms with Crippen LogP contribution in [0.25, 0.3) is 0 Å². The first-order valence-corrected chi connectivity index (χ1v) is 11.8. The number of nitrogens with zero attached hydrogens (tertiary/aromatic N) is 5.